The van der Waals surface area contributed by atoms with E-state index in [1.807, 2.05) is 30.3 Å². The van der Waals surface area contributed by atoms with Gasteiger partial charge in [0, 0.05) is 17.1 Å². The summed E-state index contributed by atoms with van der Waals surface area (Å²) in [5.41, 5.74) is 3.03. The van der Waals surface area contributed by atoms with E-state index in [0.717, 1.165) is 11.3 Å². The lowest BCUT2D eigenvalue weighted by Gasteiger charge is -2.12. The van der Waals surface area contributed by atoms with E-state index in [1.165, 1.54) is 18.2 Å². The Kier molecular flexibility index (Phi) is 5.89. The number of hydrogen-bond acceptors (Lipinski definition) is 3. The van der Waals surface area contributed by atoms with Crippen LogP contribution < -0.4 is 5.32 Å². The fraction of sp³-hybridized carbons (Fsp3) is 0.182. The minimum atomic E-state index is -0.429. The van der Waals surface area contributed by atoms with Crippen LogP contribution in [0.3, 0.4) is 0 Å². The molecule has 1 N–H and O–H groups in total. The van der Waals surface area contributed by atoms with E-state index >= 15 is 0 Å². The molecule has 0 radical (unpaired) electrons. The third kappa shape index (κ3) is 4.28. The molecule has 6 heteroatoms. The van der Waals surface area contributed by atoms with Gasteiger partial charge >= 0.3 is 5.97 Å². The number of esters is 1. The molecule has 0 spiro atoms. The average molecular weight is 380 g/mol. The van der Waals surface area contributed by atoms with Gasteiger partial charge in [0.1, 0.15) is 12.4 Å². The smallest absolute Gasteiger partial charge is 0.339 e. The maximum atomic E-state index is 13.4. The van der Waals surface area contributed by atoms with Crippen molar-refractivity contribution in [3.8, 4) is 11.3 Å². The van der Waals surface area contributed by atoms with Crippen LogP contribution in [0.4, 0.5) is 10.1 Å². The van der Waals surface area contributed by atoms with Crippen LogP contribution in [-0.2, 0) is 16.1 Å². The van der Waals surface area contributed by atoms with Crippen molar-refractivity contribution >= 4 is 17.6 Å². The van der Waals surface area contributed by atoms with Gasteiger partial charge in [0.2, 0.25) is 5.91 Å². The highest BCUT2D eigenvalue weighted by atomic mass is 19.1. The molecule has 3 rings (SSSR count). The Balaban J connectivity index is 1.94. The quantitative estimate of drug-likeness (QED) is 0.644. The molecular formula is C22H21FN2O3. The van der Waals surface area contributed by atoms with Crippen LogP contribution in [0.15, 0.2) is 60.7 Å². The number of carbonyl (C=O) groups is 2. The second-order valence-corrected chi connectivity index (χ2v) is 6.26. The van der Waals surface area contributed by atoms with Crippen molar-refractivity contribution < 1.29 is 18.7 Å². The third-order valence-electron chi connectivity index (χ3n) is 4.34. The summed E-state index contributed by atoms with van der Waals surface area (Å²) < 4.78 is 20.2. The Morgan fingerprint density at radius 1 is 1.07 bits per heavy atom. The van der Waals surface area contributed by atoms with E-state index in [4.69, 9.17) is 4.74 Å². The van der Waals surface area contributed by atoms with E-state index in [2.05, 4.69) is 5.32 Å². The summed E-state index contributed by atoms with van der Waals surface area (Å²) in [5, 5.41) is 2.68. The Morgan fingerprint density at radius 2 is 1.82 bits per heavy atom. The Labute approximate surface area is 162 Å². The van der Waals surface area contributed by atoms with Gasteiger partial charge in [-0.15, -0.1) is 0 Å². The molecule has 0 saturated carbocycles. The van der Waals surface area contributed by atoms with Gasteiger partial charge in [0.15, 0.2) is 0 Å². The fourth-order valence-electron chi connectivity index (χ4n) is 3.02. The number of hydrogen-bond donors (Lipinski definition) is 1. The summed E-state index contributed by atoms with van der Waals surface area (Å²) >= 11 is 0. The van der Waals surface area contributed by atoms with Crippen molar-refractivity contribution in [2.24, 2.45) is 0 Å². The molecule has 2 aromatic carbocycles. The Bertz CT molecular complexity index is 996. The average Bonchev–Trinajstić information content (AvgIpc) is 2.99. The predicted octanol–water partition coefficient (Wildman–Crippen LogP) is 4.42. The van der Waals surface area contributed by atoms with Crippen molar-refractivity contribution in [3.05, 3.63) is 77.7 Å². The van der Waals surface area contributed by atoms with Gasteiger partial charge in [-0.3, -0.25) is 4.79 Å². The van der Waals surface area contributed by atoms with Crippen LogP contribution in [-0.4, -0.2) is 23.1 Å². The molecule has 5 nitrogen and oxygen atoms in total. The van der Waals surface area contributed by atoms with Crippen LogP contribution >= 0.6 is 0 Å². The number of aromatic nitrogens is 1. The highest BCUT2D eigenvalue weighted by molar-refractivity contribution is 5.94. The largest absolute Gasteiger partial charge is 0.462 e. The van der Waals surface area contributed by atoms with E-state index in [-0.39, 0.29) is 19.1 Å². The lowest BCUT2D eigenvalue weighted by molar-refractivity contribution is -0.116. The predicted molar refractivity (Wildman–Crippen MR) is 106 cm³/mol. The second kappa shape index (κ2) is 8.52. The normalized spacial score (nSPS) is 10.5. The van der Waals surface area contributed by atoms with Crippen LogP contribution in [0.25, 0.3) is 11.3 Å². The molecule has 0 bridgehead atoms. The number of halogens is 1. The van der Waals surface area contributed by atoms with E-state index < -0.39 is 11.8 Å². The molecule has 0 aliphatic heterocycles. The van der Waals surface area contributed by atoms with E-state index in [9.17, 15) is 14.0 Å². The topological polar surface area (TPSA) is 60.3 Å². The molecule has 1 aromatic heterocycles. The first-order valence-electron chi connectivity index (χ1n) is 8.97. The number of anilines is 1. The van der Waals surface area contributed by atoms with E-state index in [1.54, 1.807) is 30.5 Å². The standard InChI is InChI=1S/C22H21FN2O3/c1-3-28-22(27)19-13-20(16-8-5-4-6-9-16)25(15(19)2)14-21(26)24-18-11-7-10-17(23)12-18/h4-13H,3,14H2,1-2H3,(H,24,26). The molecule has 0 unspecified atom stereocenters. The number of amides is 1. The Hall–Kier alpha value is -3.41. The Morgan fingerprint density at radius 3 is 2.50 bits per heavy atom. The first kappa shape index (κ1) is 19.4. The summed E-state index contributed by atoms with van der Waals surface area (Å²) in [6.45, 7) is 3.76. The highest BCUT2D eigenvalue weighted by Gasteiger charge is 2.21. The van der Waals surface area contributed by atoms with Crippen molar-refractivity contribution in [2.75, 3.05) is 11.9 Å². The second-order valence-electron chi connectivity index (χ2n) is 6.26. The molecule has 3 aromatic rings. The maximum absolute atomic E-state index is 13.4. The maximum Gasteiger partial charge on any atom is 0.339 e. The zero-order valence-corrected chi connectivity index (χ0v) is 15.7. The van der Waals surface area contributed by atoms with Gasteiger partial charge < -0.3 is 14.6 Å². The minimum Gasteiger partial charge on any atom is -0.462 e. The molecule has 1 heterocycles. The molecule has 1 amide bonds. The van der Waals surface area contributed by atoms with Crippen molar-refractivity contribution in [1.82, 2.24) is 4.57 Å². The van der Waals surface area contributed by atoms with Crippen LogP contribution in [0.5, 0.6) is 0 Å². The summed E-state index contributed by atoms with van der Waals surface area (Å²) in [5.74, 6) is -1.18. The van der Waals surface area contributed by atoms with Gasteiger partial charge in [-0.2, -0.15) is 0 Å². The van der Waals surface area contributed by atoms with Crippen LogP contribution in [0, 0.1) is 12.7 Å². The minimum absolute atomic E-state index is 0.0218. The van der Waals surface area contributed by atoms with Gasteiger partial charge in [0.05, 0.1) is 12.2 Å². The van der Waals surface area contributed by atoms with Crippen LogP contribution in [0.2, 0.25) is 0 Å². The molecule has 28 heavy (non-hydrogen) atoms. The molecular weight excluding hydrogens is 359 g/mol. The molecule has 0 saturated heterocycles. The summed E-state index contributed by atoms with van der Waals surface area (Å²) in [4.78, 5) is 24.9. The molecule has 144 valence electrons. The zero-order chi connectivity index (χ0) is 20.1. The molecule has 0 atom stereocenters. The number of rotatable bonds is 6. The number of nitrogens with one attached hydrogen (secondary N) is 1. The van der Waals surface area contributed by atoms with E-state index in [0.29, 0.717) is 16.9 Å². The van der Waals surface area contributed by atoms with Gasteiger partial charge in [-0.1, -0.05) is 36.4 Å². The molecule has 0 fully saturated rings. The van der Waals surface area contributed by atoms with Gasteiger partial charge in [0.25, 0.3) is 0 Å². The van der Waals surface area contributed by atoms with Crippen molar-refractivity contribution in [2.45, 2.75) is 20.4 Å². The summed E-state index contributed by atoms with van der Waals surface area (Å²) in [6.07, 6.45) is 0. The summed E-state index contributed by atoms with van der Waals surface area (Å²) in [7, 11) is 0. The van der Waals surface area contributed by atoms with Crippen LogP contribution in [0.1, 0.15) is 23.0 Å². The number of carbonyl (C=O) groups excluding carboxylic acids is 2. The zero-order valence-electron chi connectivity index (χ0n) is 15.7. The molecule has 0 aliphatic rings. The number of nitrogens with zero attached hydrogens (tertiary/aromatic N) is 1. The third-order valence-corrected chi connectivity index (χ3v) is 4.34. The van der Waals surface area contributed by atoms with Gasteiger partial charge in [-0.05, 0) is 43.7 Å². The monoisotopic (exact) mass is 380 g/mol. The lowest BCUT2D eigenvalue weighted by Crippen LogP contribution is -2.20. The first-order valence-corrected chi connectivity index (χ1v) is 8.97. The highest BCUT2D eigenvalue weighted by Crippen LogP contribution is 2.26. The fourth-order valence-corrected chi connectivity index (χ4v) is 3.02. The lowest BCUT2D eigenvalue weighted by atomic mass is 10.1. The summed E-state index contributed by atoms with van der Waals surface area (Å²) in [6, 6.07) is 16.9. The van der Waals surface area contributed by atoms with Crippen molar-refractivity contribution in [1.29, 1.82) is 0 Å². The van der Waals surface area contributed by atoms with Crippen molar-refractivity contribution in [3.63, 3.8) is 0 Å². The SMILES string of the molecule is CCOC(=O)c1cc(-c2ccccc2)n(CC(=O)Nc2cccc(F)c2)c1C. The number of benzene rings is 2. The number of ether oxygens (including phenoxy) is 1. The molecule has 0 aliphatic carbocycles. The van der Waals surface area contributed by atoms with Gasteiger partial charge in [-0.25, -0.2) is 9.18 Å². The first-order chi connectivity index (χ1) is 13.5.